The number of carbonyl (C=O) groups excluding carboxylic acids is 3. The first kappa shape index (κ1) is 30.2. The number of methoxy groups -OCH3 is 1. The molecule has 4 unspecified atom stereocenters. The van der Waals surface area contributed by atoms with Gasteiger partial charge in [-0.3, -0.25) is 14.6 Å². The van der Waals surface area contributed by atoms with E-state index in [1.54, 1.807) is 6.07 Å². The number of rotatable bonds is 7. The van der Waals surface area contributed by atoms with Crippen LogP contribution >= 0.6 is 11.6 Å². The molecule has 2 aromatic carbocycles. The van der Waals surface area contributed by atoms with Gasteiger partial charge < -0.3 is 21.1 Å². The van der Waals surface area contributed by atoms with Crippen LogP contribution in [0, 0.1) is 17.0 Å². The molecular formula is C31H31ClF2N5O4+. The smallest absolute Gasteiger partial charge is 0.380 e. The van der Waals surface area contributed by atoms with E-state index in [4.69, 9.17) is 22.1 Å². The van der Waals surface area contributed by atoms with Gasteiger partial charge in [-0.05, 0) is 35.6 Å². The molecule has 12 heteroatoms. The number of nitrogens with two attached hydrogens (primary N) is 1. The Bertz CT molecular complexity index is 1670. The van der Waals surface area contributed by atoms with Gasteiger partial charge in [-0.2, -0.15) is 0 Å². The van der Waals surface area contributed by atoms with Crippen molar-refractivity contribution in [2.45, 2.75) is 50.6 Å². The predicted molar refractivity (Wildman–Crippen MR) is 157 cm³/mol. The molecule has 2 aliphatic rings. The second kappa shape index (κ2) is 11.1. The van der Waals surface area contributed by atoms with Gasteiger partial charge in [0, 0.05) is 29.7 Å². The first-order valence-corrected chi connectivity index (χ1v) is 13.9. The zero-order valence-electron chi connectivity index (χ0n) is 24.0. The molecular weight excluding hydrogens is 580 g/mol. The molecule has 1 saturated heterocycles. The van der Waals surface area contributed by atoms with Crippen LogP contribution in [0.5, 0.6) is 5.75 Å². The minimum Gasteiger partial charge on any atom is -0.490 e. The van der Waals surface area contributed by atoms with Crippen LogP contribution in [0.3, 0.4) is 0 Å². The van der Waals surface area contributed by atoms with E-state index in [9.17, 15) is 18.8 Å². The van der Waals surface area contributed by atoms with Crippen LogP contribution in [0.25, 0.3) is 0 Å². The van der Waals surface area contributed by atoms with E-state index in [1.165, 1.54) is 54.3 Å². The summed E-state index contributed by atoms with van der Waals surface area (Å²) < 4.78 is 36.9. The average Bonchev–Trinajstić information content (AvgIpc) is 3.40. The standard InChI is InChI=1S/C31H30ClF2N5O4/c1-30(2,3)12-24-31(27-20(38-29(31)42)11-17(33)13-36-27)25(18-6-5-7-19(32)26(18)34)21(37-24)14-39(15-40)22-9-8-16(28(35)41)10-23(22)43-4/h5-11,13-15,21,24-25,37H,12H2,1-4H3,(H2-,35,38,41,42)/p+1. The third-order valence-corrected chi connectivity index (χ3v) is 8.27. The lowest BCUT2D eigenvalue weighted by atomic mass is 9.64. The second-order valence-electron chi connectivity index (χ2n) is 11.9. The van der Waals surface area contributed by atoms with Crippen molar-refractivity contribution in [3.8, 4) is 5.75 Å². The number of nitrogens with one attached hydrogen (secondary N) is 2. The Balaban J connectivity index is 1.79. The normalized spacial score (nSPS) is 23.3. The number of fused-ring (bicyclic) bond motifs is 2. The van der Waals surface area contributed by atoms with Crippen molar-refractivity contribution in [2.75, 3.05) is 12.4 Å². The Kier molecular flexibility index (Phi) is 7.82. The number of anilines is 1. The molecule has 0 aliphatic carbocycles. The molecule has 5 rings (SSSR count). The molecule has 0 radical (unpaired) electrons. The molecule has 43 heavy (non-hydrogen) atoms. The molecule has 4 N–H and O–H groups in total. The minimum atomic E-state index is -1.52. The zero-order chi connectivity index (χ0) is 31.3. The van der Waals surface area contributed by atoms with E-state index >= 15 is 4.39 Å². The lowest BCUT2D eigenvalue weighted by Gasteiger charge is -2.36. The highest BCUT2D eigenvalue weighted by atomic mass is 35.5. The van der Waals surface area contributed by atoms with Gasteiger partial charge in [0.25, 0.3) is 5.69 Å². The summed E-state index contributed by atoms with van der Waals surface area (Å²) in [5.41, 5.74) is 4.61. The molecule has 1 fully saturated rings. The second-order valence-corrected chi connectivity index (χ2v) is 12.3. The van der Waals surface area contributed by atoms with Gasteiger partial charge in [0.1, 0.15) is 17.0 Å². The molecule has 3 heterocycles. The molecule has 3 aromatic rings. The largest absolute Gasteiger partial charge is 0.490 e. The quantitative estimate of drug-likeness (QED) is 0.206. The van der Waals surface area contributed by atoms with Crippen molar-refractivity contribution in [3.05, 3.63) is 82.1 Å². The highest BCUT2D eigenvalue weighted by Gasteiger charge is 2.66. The van der Waals surface area contributed by atoms with Gasteiger partial charge in [0.05, 0.1) is 35.8 Å². The van der Waals surface area contributed by atoms with Crippen molar-refractivity contribution in [1.82, 2.24) is 10.3 Å². The molecule has 4 atom stereocenters. The maximum absolute atomic E-state index is 15.9. The van der Waals surface area contributed by atoms with Crippen molar-refractivity contribution in [2.24, 2.45) is 11.1 Å². The summed E-state index contributed by atoms with van der Waals surface area (Å²) in [4.78, 5) is 42.9. The molecule has 2 aliphatic heterocycles. The Morgan fingerprint density at radius 2 is 1.98 bits per heavy atom. The van der Waals surface area contributed by atoms with E-state index in [2.05, 4.69) is 15.6 Å². The average molecular weight is 611 g/mol. The predicted octanol–water partition coefficient (Wildman–Crippen LogP) is 4.44. The molecule has 1 spiro atoms. The third-order valence-electron chi connectivity index (χ3n) is 7.97. The summed E-state index contributed by atoms with van der Waals surface area (Å²) in [6, 6.07) is 8.57. The molecule has 0 bridgehead atoms. The number of hydrogen-bond acceptors (Lipinski definition) is 6. The van der Waals surface area contributed by atoms with E-state index in [0.717, 1.165) is 6.20 Å². The maximum Gasteiger partial charge on any atom is 0.380 e. The molecule has 1 aromatic heterocycles. The summed E-state index contributed by atoms with van der Waals surface area (Å²) in [6.45, 7) is 6.01. The topological polar surface area (TPSA) is 126 Å². The van der Waals surface area contributed by atoms with Crippen LogP contribution in [0.15, 0.2) is 48.7 Å². The van der Waals surface area contributed by atoms with E-state index in [0.29, 0.717) is 12.8 Å². The van der Waals surface area contributed by atoms with E-state index < -0.39 is 46.9 Å². The van der Waals surface area contributed by atoms with Crippen LogP contribution in [0.2, 0.25) is 5.02 Å². The Labute approximate surface area is 252 Å². The number of pyridine rings is 1. The maximum atomic E-state index is 15.9. The Morgan fingerprint density at radius 1 is 1.23 bits per heavy atom. The highest BCUT2D eigenvalue weighted by Crippen LogP contribution is 2.56. The van der Waals surface area contributed by atoms with E-state index in [-0.39, 0.29) is 44.4 Å². The van der Waals surface area contributed by atoms with E-state index in [1.807, 2.05) is 20.8 Å². The first-order valence-electron chi connectivity index (χ1n) is 13.6. The zero-order valence-corrected chi connectivity index (χ0v) is 24.7. The fourth-order valence-electron chi connectivity index (χ4n) is 6.32. The Hall–Kier alpha value is -4.22. The molecule has 3 amide bonds. The van der Waals surface area contributed by atoms with Crippen molar-refractivity contribution >= 4 is 47.4 Å². The summed E-state index contributed by atoms with van der Waals surface area (Å²) in [7, 11) is 1.38. The van der Waals surface area contributed by atoms with Crippen molar-refractivity contribution in [1.29, 1.82) is 0 Å². The molecule has 0 saturated carbocycles. The number of benzene rings is 2. The number of halogens is 3. The number of primary amides is 1. The fourth-order valence-corrected chi connectivity index (χ4v) is 6.50. The van der Waals surface area contributed by atoms with Crippen molar-refractivity contribution in [3.63, 3.8) is 0 Å². The lowest BCUT2D eigenvalue weighted by Crippen LogP contribution is -2.50. The summed E-state index contributed by atoms with van der Waals surface area (Å²) in [5.74, 6) is -3.33. The number of hydrogen-bond donors (Lipinski definition) is 3. The van der Waals surface area contributed by atoms with Gasteiger partial charge >= 0.3 is 6.41 Å². The summed E-state index contributed by atoms with van der Waals surface area (Å²) in [6.07, 6.45) is 3.52. The fraction of sp³-hybridized carbons (Fsp3) is 0.323. The van der Waals surface area contributed by atoms with Gasteiger partial charge in [0.2, 0.25) is 11.8 Å². The summed E-state index contributed by atoms with van der Waals surface area (Å²) in [5, 5.41) is 6.12. The first-order chi connectivity index (χ1) is 20.3. The van der Waals surface area contributed by atoms with Gasteiger partial charge in [0.15, 0.2) is 12.0 Å². The third kappa shape index (κ3) is 5.16. The number of amides is 3. The Morgan fingerprint density at radius 3 is 2.63 bits per heavy atom. The molecule has 224 valence electrons. The van der Waals surface area contributed by atoms with Crippen molar-refractivity contribution < 1.29 is 32.5 Å². The summed E-state index contributed by atoms with van der Waals surface area (Å²) >= 11 is 6.25. The van der Waals surface area contributed by atoms with Crippen LogP contribution in [-0.2, 0) is 15.0 Å². The number of aromatic nitrogens is 1. The van der Waals surface area contributed by atoms with Crippen LogP contribution < -0.4 is 21.1 Å². The SMILES string of the molecule is COc1cc(C(N)=O)ccc1[N+](C=O)=CC1NC(CC(C)(C)C)C2(C(=O)Nc3cc(F)cnc32)C1c1cccc(Cl)c1F. The number of nitrogens with zero attached hydrogens (tertiary/aromatic N) is 2. The molecule has 9 nitrogen and oxygen atoms in total. The number of carbonyl (C=O) groups is 3. The highest BCUT2D eigenvalue weighted by molar-refractivity contribution is 6.30. The van der Waals surface area contributed by atoms with Gasteiger partial charge in [-0.25, -0.2) is 13.6 Å². The lowest BCUT2D eigenvalue weighted by molar-refractivity contribution is -0.346. The van der Waals surface area contributed by atoms with Gasteiger partial charge in [-0.1, -0.05) is 44.5 Å². The monoisotopic (exact) mass is 610 g/mol. The van der Waals surface area contributed by atoms with Gasteiger partial charge in [-0.15, -0.1) is 4.58 Å². The van der Waals surface area contributed by atoms with Crippen LogP contribution in [0.1, 0.15) is 54.7 Å². The van der Waals surface area contributed by atoms with Crippen LogP contribution in [-0.4, -0.2) is 53.2 Å². The minimum absolute atomic E-state index is 0.119. The number of ether oxygens (including phenoxy) is 1. The van der Waals surface area contributed by atoms with Crippen LogP contribution in [0.4, 0.5) is 20.2 Å².